The lowest BCUT2D eigenvalue weighted by Crippen LogP contribution is -2.31. The lowest BCUT2D eigenvalue weighted by Gasteiger charge is -2.19. The maximum atomic E-state index is 11.4. The Morgan fingerprint density at radius 1 is 1.67 bits per heavy atom. The maximum Gasteiger partial charge on any atom is 0.320 e. The number of aromatic nitrogens is 1. The Labute approximate surface area is 112 Å². The molecule has 0 radical (unpaired) electrons. The molecule has 1 heterocycles. The summed E-state index contributed by atoms with van der Waals surface area (Å²) in [5.74, 6) is -0.249. The number of hydrogen-bond acceptors (Lipinski definition) is 4. The van der Waals surface area contributed by atoms with Crippen LogP contribution in [0.3, 0.4) is 0 Å². The van der Waals surface area contributed by atoms with E-state index < -0.39 is 0 Å². The van der Waals surface area contributed by atoms with Gasteiger partial charge in [0, 0.05) is 24.3 Å². The molecule has 1 rings (SSSR count). The van der Waals surface area contributed by atoms with E-state index in [2.05, 4.69) is 11.6 Å². The molecule has 0 amide bonds. The highest BCUT2D eigenvalue weighted by molar-refractivity contribution is 6.30. The Morgan fingerprint density at radius 3 is 3.06 bits per heavy atom. The van der Waals surface area contributed by atoms with Gasteiger partial charge in [-0.05, 0) is 19.1 Å². The topological polar surface area (TPSA) is 42.4 Å². The van der Waals surface area contributed by atoms with Crippen LogP contribution in [0, 0.1) is 0 Å². The molecule has 0 saturated heterocycles. The van der Waals surface area contributed by atoms with Crippen LogP contribution in [-0.4, -0.2) is 35.5 Å². The molecule has 0 atom stereocenters. The van der Waals surface area contributed by atoms with E-state index in [0.717, 1.165) is 5.69 Å². The highest BCUT2D eigenvalue weighted by atomic mass is 35.5. The minimum absolute atomic E-state index is 0.216. The van der Waals surface area contributed by atoms with Gasteiger partial charge in [-0.3, -0.25) is 14.7 Å². The van der Waals surface area contributed by atoms with Crippen molar-refractivity contribution in [1.29, 1.82) is 0 Å². The van der Waals surface area contributed by atoms with Gasteiger partial charge in [0.05, 0.1) is 18.8 Å². The summed E-state index contributed by atoms with van der Waals surface area (Å²) in [7, 11) is 0. The van der Waals surface area contributed by atoms with Crippen molar-refractivity contribution in [3.8, 4) is 0 Å². The summed E-state index contributed by atoms with van der Waals surface area (Å²) < 4.78 is 4.92. The highest BCUT2D eigenvalue weighted by Crippen LogP contribution is 2.10. The van der Waals surface area contributed by atoms with Crippen molar-refractivity contribution in [2.75, 3.05) is 19.7 Å². The Kier molecular flexibility index (Phi) is 6.39. The summed E-state index contributed by atoms with van der Waals surface area (Å²) in [6, 6.07) is 3.50. The molecule has 0 aliphatic rings. The molecule has 5 heteroatoms. The van der Waals surface area contributed by atoms with Crippen molar-refractivity contribution in [1.82, 2.24) is 9.88 Å². The lowest BCUT2D eigenvalue weighted by atomic mass is 10.3. The largest absolute Gasteiger partial charge is 0.465 e. The number of carbonyl (C=O) groups is 1. The zero-order chi connectivity index (χ0) is 13.4. The third-order valence-electron chi connectivity index (χ3n) is 2.21. The number of rotatable bonds is 7. The summed E-state index contributed by atoms with van der Waals surface area (Å²) in [5.41, 5.74) is 0.814. The first kappa shape index (κ1) is 14.7. The van der Waals surface area contributed by atoms with Gasteiger partial charge in [0.25, 0.3) is 0 Å². The fraction of sp³-hybridized carbons (Fsp3) is 0.385. The van der Waals surface area contributed by atoms with Gasteiger partial charge in [0.15, 0.2) is 0 Å². The molecule has 0 aliphatic heterocycles. The van der Waals surface area contributed by atoms with Crippen molar-refractivity contribution < 1.29 is 9.53 Å². The van der Waals surface area contributed by atoms with Gasteiger partial charge in [-0.2, -0.15) is 0 Å². The predicted molar refractivity (Wildman–Crippen MR) is 71.4 cm³/mol. The van der Waals surface area contributed by atoms with Crippen LogP contribution in [0.15, 0.2) is 31.0 Å². The van der Waals surface area contributed by atoms with E-state index in [0.29, 0.717) is 24.7 Å². The van der Waals surface area contributed by atoms with Crippen molar-refractivity contribution in [3.05, 3.63) is 41.7 Å². The quantitative estimate of drug-likeness (QED) is 0.562. The Balaban J connectivity index is 2.62. The second-order valence-electron chi connectivity index (χ2n) is 3.73. The summed E-state index contributed by atoms with van der Waals surface area (Å²) in [6.07, 6.45) is 3.39. The molecular formula is C13H17ClN2O2. The molecule has 0 unspecified atom stereocenters. The smallest absolute Gasteiger partial charge is 0.320 e. The third-order valence-corrected chi connectivity index (χ3v) is 2.44. The standard InChI is InChI=1S/C13H17ClN2O2/c1-3-7-16(10-13(17)18-4-2)9-12-8-11(14)5-6-15-12/h3,5-6,8H,1,4,7,9-10H2,2H3. The fourth-order valence-corrected chi connectivity index (χ4v) is 1.70. The van der Waals surface area contributed by atoms with Crippen LogP contribution in [0.2, 0.25) is 5.02 Å². The monoisotopic (exact) mass is 268 g/mol. The minimum atomic E-state index is -0.249. The number of halogens is 1. The van der Waals surface area contributed by atoms with E-state index >= 15 is 0 Å². The normalized spacial score (nSPS) is 10.4. The molecule has 0 fully saturated rings. The van der Waals surface area contributed by atoms with Crippen LogP contribution in [0.5, 0.6) is 0 Å². The molecule has 98 valence electrons. The lowest BCUT2D eigenvalue weighted by molar-refractivity contribution is -0.144. The van der Waals surface area contributed by atoms with Gasteiger partial charge < -0.3 is 4.74 Å². The fourth-order valence-electron chi connectivity index (χ4n) is 1.52. The van der Waals surface area contributed by atoms with Crippen molar-refractivity contribution in [2.24, 2.45) is 0 Å². The number of carbonyl (C=O) groups excluding carboxylic acids is 1. The third kappa shape index (κ3) is 5.29. The number of pyridine rings is 1. The average Bonchev–Trinajstić information content (AvgIpc) is 2.29. The van der Waals surface area contributed by atoms with E-state index in [1.54, 1.807) is 31.3 Å². The van der Waals surface area contributed by atoms with Crippen molar-refractivity contribution in [3.63, 3.8) is 0 Å². The van der Waals surface area contributed by atoms with Crippen LogP contribution >= 0.6 is 11.6 Å². The molecule has 0 spiro atoms. The van der Waals surface area contributed by atoms with Gasteiger partial charge in [0.1, 0.15) is 0 Å². The van der Waals surface area contributed by atoms with Crippen LogP contribution < -0.4 is 0 Å². The highest BCUT2D eigenvalue weighted by Gasteiger charge is 2.11. The van der Waals surface area contributed by atoms with Crippen molar-refractivity contribution >= 4 is 17.6 Å². The average molecular weight is 269 g/mol. The van der Waals surface area contributed by atoms with E-state index in [1.165, 1.54) is 0 Å². The van der Waals surface area contributed by atoms with Crippen LogP contribution in [0.1, 0.15) is 12.6 Å². The number of hydrogen-bond donors (Lipinski definition) is 0. The van der Waals surface area contributed by atoms with Gasteiger partial charge in [-0.1, -0.05) is 17.7 Å². The molecule has 18 heavy (non-hydrogen) atoms. The molecule has 0 aromatic carbocycles. The van der Waals surface area contributed by atoms with E-state index in [1.807, 2.05) is 4.90 Å². The predicted octanol–water partition coefficient (Wildman–Crippen LogP) is 2.29. The van der Waals surface area contributed by atoms with Gasteiger partial charge >= 0.3 is 5.97 Å². The molecule has 1 aromatic heterocycles. The molecule has 0 bridgehead atoms. The number of esters is 1. The molecule has 4 nitrogen and oxygen atoms in total. The first-order valence-electron chi connectivity index (χ1n) is 5.75. The molecule has 1 aromatic rings. The first-order valence-corrected chi connectivity index (χ1v) is 6.12. The number of nitrogens with zero attached hydrogens (tertiary/aromatic N) is 2. The molecule has 0 N–H and O–H groups in total. The van der Waals surface area contributed by atoms with Crippen molar-refractivity contribution in [2.45, 2.75) is 13.5 Å². The van der Waals surface area contributed by atoms with E-state index in [9.17, 15) is 4.79 Å². The summed E-state index contributed by atoms with van der Waals surface area (Å²) in [6.45, 7) is 7.18. The second-order valence-corrected chi connectivity index (χ2v) is 4.17. The van der Waals surface area contributed by atoms with Gasteiger partial charge in [-0.15, -0.1) is 6.58 Å². The van der Waals surface area contributed by atoms with Crippen LogP contribution in [0.4, 0.5) is 0 Å². The molecule has 0 saturated carbocycles. The van der Waals surface area contributed by atoms with E-state index in [4.69, 9.17) is 16.3 Å². The summed E-state index contributed by atoms with van der Waals surface area (Å²) in [5, 5.41) is 0.634. The summed E-state index contributed by atoms with van der Waals surface area (Å²) >= 11 is 5.89. The van der Waals surface area contributed by atoms with Gasteiger partial charge in [0.2, 0.25) is 0 Å². The molecular weight excluding hydrogens is 252 g/mol. The van der Waals surface area contributed by atoms with Crippen LogP contribution in [-0.2, 0) is 16.1 Å². The number of ether oxygens (including phenoxy) is 1. The van der Waals surface area contributed by atoms with E-state index in [-0.39, 0.29) is 12.5 Å². The Bertz CT molecular complexity index is 410. The van der Waals surface area contributed by atoms with Crippen LogP contribution in [0.25, 0.3) is 0 Å². The first-order chi connectivity index (χ1) is 8.65. The Hall–Kier alpha value is -1.39. The second kappa shape index (κ2) is 7.84. The molecule has 0 aliphatic carbocycles. The Morgan fingerprint density at radius 2 is 2.44 bits per heavy atom. The minimum Gasteiger partial charge on any atom is -0.465 e. The zero-order valence-electron chi connectivity index (χ0n) is 10.4. The van der Waals surface area contributed by atoms with Gasteiger partial charge in [-0.25, -0.2) is 0 Å². The summed E-state index contributed by atoms with van der Waals surface area (Å²) in [4.78, 5) is 17.5. The maximum absolute atomic E-state index is 11.4. The zero-order valence-corrected chi connectivity index (χ0v) is 11.2. The SMILES string of the molecule is C=CCN(CC(=O)OCC)Cc1cc(Cl)ccn1.